The molecule has 0 bridgehead atoms. The first-order valence-electron chi connectivity index (χ1n) is 5.90. The number of hydrogen-bond acceptors (Lipinski definition) is 1. The molecular formula is C13H16ClF2N. The molecule has 0 aliphatic heterocycles. The molecule has 1 aromatic rings. The number of halogens is 3. The monoisotopic (exact) mass is 259 g/mol. The lowest BCUT2D eigenvalue weighted by Gasteiger charge is -2.34. The van der Waals surface area contributed by atoms with Gasteiger partial charge in [-0.3, -0.25) is 0 Å². The summed E-state index contributed by atoms with van der Waals surface area (Å²) in [6.45, 7) is 0. The summed E-state index contributed by atoms with van der Waals surface area (Å²) < 4.78 is 25.1. The molecule has 17 heavy (non-hydrogen) atoms. The number of benzene rings is 1. The van der Waals surface area contributed by atoms with Gasteiger partial charge in [0.15, 0.2) is 0 Å². The van der Waals surface area contributed by atoms with Crippen molar-refractivity contribution >= 4 is 11.6 Å². The quantitative estimate of drug-likeness (QED) is 0.837. The van der Waals surface area contributed by atoms with Gasteiger partial charge in [0, 0.05) is 16.1 Å². The third kappa shape index (κ3) is 2.61. The molecule has 2 N–H and O–H groups in total. The van der Waals surface area contributed by atoms with Crippen LogP contribution in [0.3, 0.4) is 0 Å². The van der Waals surface area contributed by atoms with Crippen LogP contribution in [-0.4, -0.2) is 0 Å². The molecule has 0 aromatic heterocycles. The van der Waals surface area contributed by atoms with Gasteiger partial charge in [-0.05, 0) is 24.5 Å². The van der Waals surface area contributed by atoms with Crippen molar-refractivity contribution in [2.24, 2.45) is 5.73 Å². The van der Waals surface area contributed by atoms with E-state index in [2.05, 4.69) is 0 Å². The fraction of sp³-hybridized carbons (Fsp3) is 0.538. The van der Waals surface area contributed by atoms with Crippen LogP contribution in [0.5, 0.6) is 0 Å². The molecule has 2 rings (SSSR count). The van der Waals surface area contributed by atoms with Crippen LogP contribution in [0.1, 0.15) is 49.7 Å². The van der Waals surface area contributed by atoms with Crippen LogP contribution in [0.2, 0.25) is 5.02 Å². The Morgan fingerprint density at radius 1 is 1.18 bits per heavy atom. The van der Waals surface area contributed by atoms with Gasteiger partial charge >= 0.3 is 0 Å². The predicted octanol–water partition coefficient (Wildman–Crippen LogP) is 4.40. The highest BCUT2D eigenvalue weighted by molar-refractivity contribution is 6.31. The average molecular weight is 260 g/mol. The normalized spacial score (nSPS) is 19.6. The minimum atomic E-state index is -2.48. The molecule has 1 nitrogen and oxygen atoms in total. The van der Waals surface area contributed by atoms with E-state index in [4.69, 9.17) is 17.3 Å². The largest absolute Gasteiger partial charge is 0.321 e. The van der Waals surface area contributed by atoms with E-state index >= 15 is 0 Å². The summed E-state index contributed by atoms with van der Waals surface area (Å²) in [7, 11) is 0. The van der Waals surface area contributed by atoms with Crippen molar-refractivity contribution in [1.29, 1.82) is 0 Å². The smallest absolute Gasteiger partial charge is 0.263 e. The third-order valence-electron chi connectivity index (χ3n) is 3.53. The van der Waals surface area contributed by atoms with E-state index in [0.29, 0.717) is 5.02 Å². The van der Waals surface area contributed by atoms with Gasteiger partial charge in [-0.25, -0.2) is 8.78 Å². The van der Waals surface area contributed by atoms with Gasteiger partial charge in [0.25, 0.3) is 6.43 Å². The Balaban J connectivity index is 2.32. The first kappa shape index (κ1) is 12.8. The molecule has 0 atom stereocenters. The summed E-state index contributed by atoms with van der Waals surface area (Å²) >= 11 is 6.08. The van der Waals surface area contributed by atoms with Crippen molar-refractivity contribution in [2.75, 3.05) is 0 Å². The average Bonchev–Trinajstić information content (AvgIpc) is 2.29. The van der Waals surface area contributed by atoms with Gasteiger partial charge in [0.05, 0.1) is 0 Å². The van der Waals surface area contributed by atoms with Crippen LogP contribution in [0, 0.1) is 0 Å². The molecule has 0 heterocycles. The van der Waals surface area contributed by atoms with Gasteiger partial charge < -0.3 is 5.73 Å². The number of alkyl halides is 2. The first-order chi connectivity index (χ1) is 8.03. The van der Waals surface area contributed by atoms with Crippen LogP contribution in [-0.2, 0) is 5.54 Å². The highest BCUT2D eigenvalue weighted by Crippen LogP contribution is 2.39. The molecule has 0 unspecified atom stereocenters. The number of nitrogens with two attached hydrogens (primary N) is 1. The van der Waals surface area contributed by atoms with Crippen molar-refractivity contribution in [2.45, 2.75) is 44.1 Å². The number of hydrogen-bond donors (Lipinski definition) is 1. The molecule has 1 aromatic carbocycles. The molecule has 1 saturated carbocycles. The first-order valence-corrected chi connectivity index (χ1v) is 6.28. The molecule has 0 radical (unpaired) electrons. The fourth-order valence-corrected chi connectivity index (χ4v) is 2.90. The topological polar surface area (TPSA) is 26.0 Å². The SMILES string of the molecule is NC1(c2ccc(C(F)F)cc2Cl)CCCCC1. The van der Waals surface area contributed by atoms with Crippen molar-refractivity contribution < 1.29 is 8.78 Å². The Morgan fingerprint density at radius 2 is 1.82 bits per heavy atom. The lowest BCUT2D eigenvalue weighted by atomic mass is 9.77. The predicted molar refractivity (Wildman–Crippen MR) is 65.4 cm³/mol. The van der Waals surface area contributed by atoms with Gasteiger partial charge in [-0.1, -0.05) is 43.0 Å². The van der Waals surface area contributed by atoms with Crippen molar-refractivity contribution in [1.82, 2.24) is 0 Å². The summed E-state index contributed by atoms with van der Waals surface area (Å²) in [5, 5.41) is 0.368. The lowest BCUT2D eigenvalue weighted by Crippen LogP contribution is -2.38. The second-order valence-electron chi connectivity index (χ2n) is 4.76. The van der Waals surface area contributed by atoms with E-state index in [9.17, 15) is 8.78 Å². The molecule has 0 saturated heterocycles. The second kappa shape index (κ2) is 4.91. The Hall–Kier alpha value is -0.670. The minimum Gasteiger partial charge on any atom is -0.321 e. The number of rotatable bonds is 2. The van der Waals surface area contributed by atoms with Crippen LogP contribution in [0.15, 0.2) is 18.2 Å². The molecule has 4 heteroatoms. The molecule has 0 spiro atoms. The molecular weight excluding hydrogens is 244 g/mol. The van der Waals surface area contributed by atoms with Gasteiger partial charge in [-0.2, -0.15) is 0 Å². The van der Waals surface area contributed by atoms with E-state index < -0.39 is 12.0 Å². The van der Waals surface area contributed by atoms with Crippen LogP contribution in [0.4, 0.5) is 8.78 Å². The van der Waals surface area contributed by atoms with E-state index in [-0.39, 0.29) is 5.56 Å². The van der Waals surface area contributed by atoms with E-state index in [1.807, 2.05) is 0 Å². The highest BCUT2D eigenvalue weighted by Gasteiger charge is 2.31. The molecule has 1 aliphatic carbocycles. The molecule has 0 amide bonds. The second-order valence-corrected chi connectivity index (χ2v) is 5.16. The maximum absolute atomic E-state index is 12.5. The molecule has 1 fully saturated rings. The zero-order valence-electron chi connectivity index (χ0n) is 9.56. The van der Waals surface area contributed by atoms with Crippen LogP contribution >= 0.6 is 11.6 Å². The van der Waals surface area contributed by atoms with Gasteiger partial charge in [-0.15, -0.1) is 0 Å². The highest BCUT2D eigenvalue weighted by atomic mass is 35.5. The fourth-order valence-electron chi connectivity index (χ4n) is 2.52. The van der Waals surface area contributed by atoms with E-state index in [1.54, 1.807) is 6.07 Å². The van der Waals surface area contributed by atoms with Crippen molar-refractivity contribution in [3.8, 4) is 0 Å². The third-order valence-corrected chi connectivity index (χ3v) is 3.84. The molecule has 1 aliphatic rings. The summed E-state index contributed by atoms with van der Waals surface area (Å²) in [4.78, 5) is 0. The molecule has 94 valence electrons. The maximum Gasteiger partial charge on any atom is 0.263 e. The zero-order chi connectivity index (χ0) is 12.5. The van der Waals surface area contributed by atoms with Gasteiger partial charge in [0.2, 0.25) is 0 Å². The van der Waals surface area contributed by atoms with E-state index in [0.717, 1.165) is 31.2 Å². The maximum atomic E-state index is 12.5. The van der Waals surface area contributed by atoms with Crippen molar-refractivity contribution in [3.63, 3.8) is 0 Å². The summed E-state index contributed by atoms with van der Waals surface area (Å²) in [6, 6.07) is 4.43. The van der Waals surface area contributed by atoms with E-state index in [1.165, 1.54) is 18.6 Å². The Morgan fingerprint density at radius 3 is 2.35 bits per heavy atom. The lowest BCUT2D eigenvalue weighted by molar-refractivity contribution is 0.151. The summed E-state index contributed by atoms with van der Waals surface area (Å²) in [5.41, 5.74) is 6.67. The Labute approximate surface area is 105 Å². The Kier molecular flexibility index (Phi) is 3.69. The van der Waals surface area contributed by atoms with Crippen LogP contribution in [0.25, 0.3) is 0 Å². The minimum absolute atomic E-state index is 0.0434. The Bertz CT molecular complexity index is 400. The van der Waals surface area contributed by atoms with Crippen LogP contribution < -0.4 is 5.73 Å². The van der Waals surface area contributed by atoms with Gasteiger partial charge in [0.1, 0.15) is 0 Å². The summed E-state index contributed by atoms with van der Waals surface area (Å²) in [5.74, 6) is 0. The standard InChI is InChI=1S/C13H16ClF2N/c14-11-8-9(12(15)16)4-5-10(11)13(17)6-2-1-3-7-13/h4-5,8,12H,1-3,6-7,17H2. The summed E-state index contributed by atoms with van der Waals surface area (Å²) in [6.07, 6.45) is 2.60. The van der Waals surface area contributed by atoms with Crippen molar-refractivity contribution in [3.05, 3.63) is 34.3 Å². The zero-order valence-corrected chi connectivity index (χ0v) is 10.3.